The Morgan fingerprint density at radius 2 is 2.11 bits per heavy atom. The van der Waals surface area contributed by atoms with E-state index in [4.69, 9.17) is 10.5 Å². The maximum absolute atomic E-state index is 12.9. The van der Waals surface area contributed by atoms with Crippen molar-refractivity contribution in [2.75, 3.05) is 0 Å². The number of hydrogen-bond donors (Lipinski definition) is 1. The van der Waals surface area contributed by atoms with E-state index in [-0.39, 0.29) is 11.9 Å². The molecule has 2 N–H and O–H groups in total. The van der Waals surface area contributed by atoms with Crippen LogP contribution in [0, 0.1) is 5.82 Å². The minimum Gasteiger partial charge on any atom is -0.438 e. The standard InChI is InChI=1S/C13H12BrFN2O/c1-8(16)9-4-5-17-13(6-9)18-12-3-2-10(15)7-11(12)14/h2-8H,16H2,1H3/t8-/m0/s1. The van der Waals surface area contributed by atoms with E-state index in [1.54, 1.807) is 18.3 Å². The van der Waals surface area contributed by atoms with Crippen molar-refractivity contribution >= 4 is 15.9 Å². The predicted molar refractivity (Wildman–Crippen MR) is 71.0 cm³/mol. The van der Waals surface area contributed by atoms with E-state index in [1.807, 2.05) is 13.0 Å². The highest BCUT2D eigenvalue weighted by Gasteiger charge is 2.07. The Morgan fingerprint density at radius 3 is 2.78 bits per heavy atom. The van der Waals surface area contributed by atoms with Gasteiger partial charge < -0.3 is 10.5 Å². The van der Waals surface area contributed by atoms with Gasteiger partial charge in [0.25, 0.3) is 0 Å². The summed E-state index contributed by atoms with van der Waals surface area (Å²) in [5.74, 6) is 0.606. The first-order valence-corrected chi connectivity index (χ1v) is 6.20. The molecule has 0 radical (unpaired) electrons. The summed E-state index contributed by atoms with van der Waals surface area (Å²) < 4.78 is 19.1. The molecule has 2 aromatic rings. The lowest BCUT2D eigenvalue weighted by molar-refractivity contribution is 0.457. The second-order valence-corrected chi connectivity index (χ2v) is 4.75. The predicted octanol–water partition coefficient (Wildman–Crippen LogP) is 3.80. The van der Waals surface area contributed by atoms with E-state index in [1.165, 1.54) is 12.1 Å². The van der Waals surface area contributed by atoms with Crippen molar-refractivity contribution in [3.05, 3.63) is 52.4 Å². The first-order valence-electron chi connectivity index (χ1n) is 5.40. The van der Waals surface area contributed by atoms with Crippen LogP contribution in [0.4, 0.5) is 4.39 Å². The number of benzene rings is 1. The summed E-state index contributed by atoms with van der Waals surface area (Å²) in [4.78, 5) is 4.09. The van der Waals surface area contributed by atoms with Gasteiger partial charge in [-0.15, -0.1) is 0 Å². The van der Waals surface area contributed by atoms with Gasteiger partial charge in [-0.3, -0.25) is 0 Å². The van der Waals surface area contributed by atoms with E-state index >= 15 is 0 Å². The van der Waals surface area contributed by atoms with Gasteiger partial charge in [0, 0.05) is 18.3 Å². The Bertz CT molecular complexity index is 560. The van der Waals surface area contributed by atoms with Crippen molar-refractivity contribution in [3.63, 3.8) is 0 Å². The number of hydrogen-bond acceptors (Lipinski definition) is 3. The SMILES string of the molecule is C[C@H](N)c1ccnc(Oc2ccc(F)cc2Br)c1. The van der Waals surface area contributed by atoms with Crippen molar-refractivity contribution in [2.24, 2.45) is 5.73 Å². The molecule has 1 heterocycles. The molecule has 0 fully saturated rings. The third kappa shape index (κ3) is 3.05. The van der Waals surface area contributed by atoms with Crippen LogP contribution >= 0.6 is 15.9 Å². The minimum absolute atomic E-state index is 0.0907. The van der Waals surface area contributed by atoms with Gasteiger partial charge >= 0.3 is 0 Å². The Morgan fingerprint density at radius 1 is 1.33 bits per heavy atom. The van der Waals surface area contributed by atoms with Crippen LogP contribution < -0.4 is 10.5 Å². The molecule has 0 aliphatic rings. The molecule has 1 aromatic carbocycles. The highest BCUT2D eigenvalue weighted by molar-refractivity contribution is 9.10. The number of nitrogens with two attached hydrogens (primary N) is 1. The number of aromatic nitrogens is 1. The minimum atomic E-state index is -0.327. The van der Waals surface area contributed by atoms with E-state index in [2.05, 4.69) is 20.9 Å². The molecule has 3 nitrogen and oxygen atoms in total. The zero-order chi connectivity index (χ0) is 13.1. The first-order chi connectivity index (χ1) is 8.56. The molecule has 0 amide bonds. The van der Waals surface area contributed by atoms with Crippen molar-refractivity contribution < 1.29 is 9.13 Å². The maximum Gasteiger partial charge on any atom is 0.219 e. The summed E-state index contributed by atoms with van der Waals surface area (Å²) in [7, 11) is 0. The fourth-order valence-corrected chi connectivity index (χ4v) is 1.87. The molecule has 0 saturated carbocycles. The van der Waals surface area contributed by atoms with Crippen molar-refractivity contribution in [1.29, 1.82) is 0 Å². The third-order valence-corrected chi connectivity index (χ3v) is 3.01. The molecule has 94 valence electrons. The highest BCUT2D eigenvalue weighted by Crippen LogP contribution is 2.29. The van der Waals surface area contributed by atoms with Gasteiger partial charge in [0.1, 0.15) is 11.6 Å². The van der Waals surface area contributed by atoms with Gasteiger partial charge in [-0.2, -0.15) is 0 Å². The zero-order valence-corrected chi connectivity index (χ0v) is 11.3. The van der Waals surface area contributed by atoms with E-state index in [9.17, 15) is 4.39 Å². The number of ether oxygens (including phenoxy) is 1. The fourth-order valence-electron chi connectivity index (χ4n) is 1.43. The summed E-state index contributed by atoms with van der Waals surface area (Å²) in [5.41, 5.74) is 6.71. The number of halogens is 2. The normalized spacial score (nSPS) is 12.2. The van der Waals surface area contributed by atoms with Gasteiger partial charge in [0.2, 0.25) is 5.88 Å². The molecule has 0 saturated heterocycles. The van der Waals surface area contributed by atoms with Gasteiger partial charge in [0.05, 0.1) is 4.47 Å². The van der Waals surface area contributed by atoms with E-state index in [0.29, 0.717) is 16.1 Å². The molecule has 1 atom stereocenters. The molecule has 0 spiro atoms. The summed E-state index contributed by atoms with van der Waals surface area (Å²) in [6.45, 7) is 1.88. The molecule has 18 heavy (non-hydrogen) atoms. The number of pyridine rings is 1. The van der Waals surface area contributed by atoms with Crippen LogP contribution in [-0.4, -0.2) is 4.98 Å². The molecular formula is C13H12BrFN2O. The monoisotopic (exact) mass is 310 g/mol. The Balaban J connectivity index is 2.25. The largest absolute Gasteiger partial charge is 0.438 e. The van der Waals surface area contributed by atoms with Crippen LogP contribution in [-0.2, 0) is 0 Å². The van der Waals surface area contributed by atoms with Crippen molar-refractivity contribution in [1.82, 2.24) is 4.98 Å². The van der Waals surface area contributed by atoms with E-state index in [0.717, 1.165) is 5.56 Å². The zero-order valence-electron chi connectivity index (χ0n) is 9.73. The second kappa shape index (κ2) is 5.46. The van der Waals surface area contributed by atoms with Crippen LogP contribution in [0.1, 0.15) is 18.5 Å². The molecular weight excluding hydrogens is 299 g/mol. The van der Waals surface area contributed by atoms with Crippen LogP contribution in [0.5, 0.6) is 11.6 Å². The topological polar surface area (TPSA) is 48.1 Å². The number of nitrogens with zero attached hydrogens (tertiary/aromatic N) is 1. The lowest BCUT2D eigenvalue weighted by Crippen LogP contribution is -2.05. The van der Waals surface area contributed by atoms with Gasteiger partial charge in [-0.1, -0.05) is 0 Å². The average molecular weight is 311 g/mol. The van der Waals surface area contributed by atoms with Crippen LogP contribution in [0.25, 0.3) is 0 Å². The van der Waals surface area contributed by atoms with Crippen molar-refractivity contribution in [3.8, 4) is 11.6 Å². The molecule has 0 aliphatic heterocycles. The van der Waals surface area contributed by atoms with Gasteiger partial charge in [-0.05, 0) is 52.7 Å². The van der Waals surface area contributed by atoms with Crippen LogP contribution in [0.15, 0.2) is 41.0 Å². The summed E-state index contributed by atoms with van der Waals surface area (Å²) in [5, 5.41) is 0. The van der Waals surface area contributed by atoms with Gasteiger partial charge in [-0.25, -0.2) is 9.37 Å². The lowest BCUT2D eigenvalue weighted by Gasteiger charge is -2.09. The molecule has 2 rings (SSSR count). The Hall–Kier alpha value is -1.46. The third-order valence-electron chi connectivity index (χ3n) is 2.39. The molecule has 0 bridgehead atoms. The smallest absolute Gasteiger partial charge is 0.219 e. The Kier molecular flexibility index (Phi) is 3.93. The van der Waals surface area contributed by atoms with Crippen LogP contribution in [0.2, 0.25) is 0 Å². The lowest BCUT2D eigenvalue weighted by atomic mass is 10.1. The fraction of sp³-hybridized carbons (Fsp3) is 0.154. The Labute approximate surface area is 113 Å². The first kappa shape index (κ1) is 13.0. The summed E-state index contributed by atoms with van der Waals surface area (Å²) >= 11 is 3.23. The average Bonchev–Trinajstić information content (AvgIpc) is 2.33. The summed E-state index contributed by atoms with van der Waals surface area (Å²) in [6, 6.07) is 7.71. The van der Waals surface area contributed by atoms with E-state index < -0.39 is 0 Å². The summed E-state index contributed by atoms with van der Waals surface area (Å²) in [6.07, 6.45) is 1.63. The molecule has 0 aliphatic carbocycles. The molecule has 0 unspecified atom stereocenters. The van der Waals surface area contributed by atoms with Gasteiger partial charge in [0.15, 0.2) is 0 Å². The quantitative estimate of drug-likeness (QED) is 0.938. The van der Waals surface area contributed by atoms with Crippen molar-refractivity contribution in [2.45, 2.75) is 13.0 Å². The second-order valence-electron chi connectivity index (χ2n) is 3.89. The maximum atomic E-state index is 12.9. The number of rotatable bonds is 3. The molecule has 1 aromatic heterocycles. The highest BCUT2D eigenvalue weighted by atomic mass is 79.9. The molecule has 5 heteroatoms. The van der Waals surface area contributed by atoms with Crippen LogP contribution in [0.3, 0.4) is 0 Å².